The number of aromatic nitrogens is 2. The number of hydrogen-bond donors (Lipinski definition) is 0. The molecule has 0 saturated heterocycles. The van der Waals surface area contributed by atoms with Crippen LogP contribution in [-0.4, -0.2) is 9.55 Å². The molecule has 0 amide bonds. The van der Waals surface area contributed by atoms with Crippen molar-refractivity contribution in [1.29, 1.82) is 0 Å². The molecule has 0 saturated carbocycles. The van der Waals surface area contributed by atoms with Gasteiger partial charge in [-0.15, -0.1) is 4.94 Å². The minimum Gasteiger partial charge on any atom is -0.294 e. The Morgan fingerprint density at radius 1 is 0.578 bits per heavy atom. The standard InChI is InChI=1S/C39H32N4OS/c1-39(2,3)27-22-23-40-38(24-27)41-34-17-8-7-16-32(34)33-21-20-31(26-37(33)41)45-30-15-11-14-29(25-30)43-36-19-10-9-18-35(36)42(44-43)28-12-5-4-6-13-28/h4-26H,1-3H3. The number of nitrogens with zero attached hydrogens (tertiary/aromatic N) is 4. The molecule has 0 N–H and O–H groups in total. The molecule has 0 radical (unpaired) electrons. The van der Waals surface area contributed by atoms with Crippen molar-refractivity contribution in [1.82, 2.24) is 9.55 Å². The van der Waals surface area contributed by atoms with Gasteiger partial charge in [0.2, 0.25) is 0 Å². The molecule has 0 unspecified atom stereocenters. The van der Waals surface area contributed by atoms with Crippen LogP contribution in [0.1, 0.15) is 26.3 Å². The highest BCUT2D eigenvalue weighted by Gasteiger charge is 2.30. The number of anilines is 4. The summed E-state index contributed by atoms with van der Waals surface area (Å²) in [6.45, 7) is 6.73. The highest BCUT2D eigenvalue weighted by molar-refractivity contribution is 7.99. The van der Waals surface area contributed by atoms with E-state index in [1.807, 2.05) is 46.7 Å². The molecule has 5 nitrogen and oxygen atoms in total. The molecule has 7 aromatic rings. The fourth-order valence-electron chi connectivity index (χ4n) is 5.99. The summed E-state index contributed by atoms with van der Waals surface area (Å²) in [5.41, 5.74) is 7.53. The minimum absolute atomic E-state index is 0.0280. The number of fused-ring (bicyclic) bond motifs is 4. The molecule has 0 aliphatic carbocycles. The predicted octanol–water partition coefficient (Wildman–Crippen LogP) is 10.8. The van der Waals surface area contributed by atoms with Crippen molar-refractivity contribution in [2.45, 2.75) is 36.0 Å². The van der Waals surface area contributed by atoms with Crippen molar-refractivity contribution in [3.63, 3.8) is 0 Å². The Morgan fingerprint density at radius 2 is 1.24 bits per heavy atom. The Hall–Kier alpha value is -5.04. The molecule has 1 aliphatic heterocycles. The van der Waals surface area contributed by atoms with E-state index in [0.717, 1.165) is 49.4 Å². The van der Waals surface area contributed by atoms with Crippen LogP contribution in [0.5, 0.6) is 0 Å². The van der Waals surface area contributed by atoms with Crippen LogP contribution in [0.4, 0.5) is 22.7 Å². The third kappa shape index (κ3) is 4.92. The van der Waals surface area contributed by atoms with Crippen molar-refractivity contribution >= 4 is 56.3 Å². The van der Waals surface area contributed by atoms with E-state index in [2.05, 4.69) is 128 Å². The van der Waals surface area contributed by atoms with Crippen molar-refractivity contribution in [3.05, 3.63) is 145 Å². The maximum absolute atomic E-state index is 6.45. The number of para-hydroxylation sites is 4. The Morgan fingerprint density at radius 3 is 2.04 bits per heavy atom. The molecule has 5 aromatic carbocycles. The first kappa shape index (κ1) is 27.5. The van der Waals surface area contributed by atoms with Gasteiger partial charge in [0, 0.05) is 26.8 Å². The number of pyridine rings is 1. The zero-order valence-electron chi connectivity index (χ0n) is 25.4. The van der Waals surface area contributed by atoms with Crippen LogP contribution < -0.4 is 10.1 Å². The summed E-state index contributed by atoms with van der Waals surface area (Å²) in [6.07, 6.45) is 1.93. The zero-order valence-corrected chi connectivity index (χ0v) is 26.2. The molecule has 0 bridgehead atoms. The van der Waals surface area contributed by atoms with Crippen LogP contribution in [0.15, 0.2) is 149 Å². The minimum atomic E-state index is 0.0280. The fraction of sp³-hybridized carbons (Fsp3) is 0.103. The molecule has 8 rings (SSSR count). The monoisotopic (exact) mass is 604 g/mol. The fourth-order valence-corrected chi connectivity index (χ4v) is 6.90. The topological polar surface area (TPSA) is 33.5 Å². The summed E-state index contributed by atoms with van der Waals surface area (Å²) < 4.78 is 2.30. The third-order valence-corrected chi connectivity index (χ3v) is 9.23. The molecular weight excluding hydrogens is 573 g/mol. The molecule has 3 heterocycles. The van der Waals surface area contributed by atoms with E-state index < -0.39 is 0 Å². The van der Waals surface area contributed by atoms with Gasteiger partial charge in [0.15, 0.2) is 0 Å². The van der Waals surface area contributed by atoms with Gasteiger partial charge in [-0.05, 0) is 83.8 Å². The van der Waals surface area contributed by atoms with Gasteiger partial charge >= 0.3 is 0 Å². The van der Waals surface area contributed by atoms with Gasteiger partial charge in [0.25, 0.3) is 0 Å². The Kier molecular flexibility index (Phi) is 6.63. The maximum Gasteiger partial charge on any atom is 0.137 e. The van der Waals surface area contributed by atoms with E-state index in [1.165, 1.54) is 16.3 Å². The molecule has 45 heavy (non-hydrogen) atoms. The van der Waals surface area contributed by atoms with Gasteiger partial charge in [-0.3, -0.25) is 4.57 Å². The van der Waals surface area contributed by atoms with Gasteiger partial charge in [0.1, 0.15) is 5.82 Å². The molecule has 0 spiro atoms. The maximum atomic E-state index is 6.45. The summed E-state index contributed by atoms with van der Waals surface area (Å²) in [4.78, 5) is 13.6. The summed E-state index contributed by atoms with van der Waals surface area (Å²) in [7, 11) is 0. The van der Waals surface area contributed by atoms with Gasteiger partial charge < -0.3 is 0 Å². The highest BCUT2D eigenvalue weighted by atomic mass is 32.2. The quantitative estimate of drug-likeness (QED) is 0.195. The van der Waals surface area contributed by atoms with Crippen LogP contribution >= 0.6 is 11.8 Å². The predicted molar refractivity (Wildman–Crippen MR) is 186 cm³/mol. The number of rotatable bonds is 5. The van der Waals surface area contributed by atoms with E-state index >= 15 is 0 Å². The first-order valence-electron chi connectivity index (χ1n) is 15.1. The van der Waals surface area contributed by atoms with Crippen LogP contribution in [0.3, 0.4) is 0 Å². The van der Waals surface area contributed by atoms with Crippen molar-refractivity contribution < 1.29 is 4.94 Å². The SMILES string of the molecule is CC(C)(C)c1ccnc(-n2c3ccccc3c3ccc(Sc4cccc(N5ON(c6ccccc6)c6ccccc65)c4)cc32)c1. The van der Waals surface area contributed by atoms with Crippen molar-refractivity contribution in [3.8, 4) is 5.82 Å². The average molecular weight is 605 g/mol. The van der Waals surface area contributed by atoms with Crippen LogP contribution in [0.2, 0.25) is 0 Å². The lowest BCUT2D eigenvalue weighted by Gasteiger charge is -2.20. The van der Waals surface area contributed by atoms with Crippen molar-refractivity contribution in [2.75, 3.05) is 10.1 Å². The second kappa shape index (κ2) is 10.8. The Balaban J connectivity index is 1.17. The first-order valence-corrected chi connectivity index (χ1v) is 16.0. The first-order chi connectivity index (χ1) is 21.9. The van der Waals surface area contributed by atoms with E-state index in [1.54, 1.807) is 11.8 Å². The summed E-state index contributed by atoms with van der Waals surface area (Å²) in [5, 5.41) is 6.22. The third-order valence-electron chi connectivity index (χ3n) is 8.25. The van der Waals surface area contributed by atoms with Crippen molar-refractivity contribution in [2.24, 2.45) is 0 Å². The van der Waals surface area contributed by atoms with Gasteiger partial charge in [-0.25, -0.2) is 4.98 Å². The summed E-state index contributed by atoms with van der Waals surface area (Å²) >= 11 is 1.75. The molecule has 0 atom stereocenters. The van der Waals surface area contributed by atoms with Gasteiger partial charge in [-0.2, -0.15) is 10.1 Å². The smallest absolute Gasteiger partial charge is 0.137 e. The van der Waals surface area contributed by atoms with E-state index in [-0.39, 0.29) is 5.41 Å². The van der Waals surface area contributed by atoms with Crippen LogP contribution in [-0.2, 0) is 10.4 Å². The zero-order chi connectivity index (χ0) is 30.5. The van der Waals surface area contributed by atoms with E-state index in [9.17, 15) is 0 Å². The normalized spacial score (nSPS) is 13.1. The van der Waals surface area contributed by atoms with Crippen LogP contribution in [0.25, 0.3) is 27.6 Å². The molecule has 2 aromatic heterocycles. The summed E-state index contributed by atoms with van der Waals surface area (Å²) in [5.74, 6) is 0.936. The Bertz CT molecular complexity index is 2180. The summed E-state index contributed by atoms with van der Waals surface area (Å²) in [6, 6.07) is 46.6. The lowest BCUT2D eigenvalue weighted by molar-refractivity contribution is 0.156. The number of hydrogen-bond acceptors (Lipinski definition) is 5. The van der Waals surface area contributed by atoms with E-state index in [4.69, 9.17) is 9.92 Å². The lowest BCUT2D eigenvalue weighted by Crippen LogP contribution is -2.20. The second-order valence-electron chi connectivity index (χ2n) is 12.3. The lowest BCUT2D eigenvalue weighted by atomic mass is 9.88. The van der Waals surface area contributed by atoms with Gasteiger partial charge in [-0.1, -0.05) is 93.2 Å². The Labute approximate surface area is 267 Å². The largest absolute Gasteiger partial charge is 0.294 e. The molecule has 0 fully saturated rings. The molecule has 1 aliphatic rings. The molecule has 6 heteroatoms. The van der Waals surface area contributed by atoms with E-state index in [0.29, 0.717) is 0 Å². The van der Waals surface area contributed by atoms with Crippen LogP contribution in [0, 0.1) is 0 Å². The second-order valence-corrected chi connectivity index (χ2v) is 13.4. The highest BCUT2D eigenvalue weighted by Crippen LogP contribution is 2.46. The van der Waals surface area contributed by atoms with Gasteiger partial charge in [0.05, 0.1) is 33.8 Å². The molecular formula is C39H32N4OS. The number of benzene rings is 5. The average Bonchev–Trinajstić information content (AvgIpc) is 3.61. The molecule has 220 valence electrons.